The number of H-pyrrole nitrogens is 1. The molecule has 2 aromatic heterocycles. The number of aromatic amines is 1. The number of aromatic nitrogens is 5. The van der Waals surface area contributed by atoms with Crippen LogP contribution in [0.3, 0.4) is 0 Å². The maximum absolute atomic E-state index is 12.1. The predicted octanol–water partition coefficient (Wildman–Crippen LogP) is 1.46. The highest BCUT2D eigenvalue weighted by Gasteiger charge is 2.12. The molecule has 1 aromatic carbocycles. The molecule has 0 saturated heterocycles. The lowest BCUT2D eigenvalue weighted by Crippen LogP contribution is -2.16. The minimum absolute atomic E-state index is 0.0594. The molecule has 10 heteroatoms. The van der Waals surface area contributed by atoms with Gasteiger partial charge in [0.05, 0.1) is 5.02 Å². The Morgan fingerprint density at radius 1 is 1.30 bits per heavy atom. The van der Waals surface area contributed by atoms with E-state index in [4.69, 9.17) is 17.3 Å². The largest absolute Gasteiger partial charge is 0.382 e. The second-order valence-electron chi connectivity index (χ2n) is 3.74. The molecule has 3 aromatic rings. The molecule has 2 heterocycles. The van der Waals surface area contributed by atoms with Gasteiger partial charge in [-0.1, -0.05) is 28.8 Å². The van der Waals surface area contributed by atoms with E-state index in [1.54, 1.807) is 24.3 Å². The molecule has 0 bridgehead atoms. The minimum Gasteiger partial charge on any atom is -0.382 e. The van der Waals surface area contributed by atoms with E-state index in [1.807, 2.05) is 0 Å². The second-order valence-corrected chi connectivity index (χ2v) is 4.14. The predicted molar refractivity (Wildman–Crippen MR) is 71.4 cm³/mol. The third-order valence-electron chi connectivity index (χ3n) is 2.46. The van der Waals surface area contributed by atoms with Crippen molar-refractivity contribution in [2.45, 2.75) is 0 Å². The van der Waals surface area contributed by atoms with Gasteiger partial charge < -0.3 is 5.73 Å². The normalized spacial score (nSPS) is 11.4. The summed E-state index contributed by atoms with van der Waals surface area (Å²) in [6.07, 6.45) is 0. The molecule has 0 aliphatic rings. The van der Waals surface area contributed by atoms with E-state index in [9.17, 15) is 4.79 Å². The molecule has 0 saturated carbocycles. The average Bonchev–Trinajstić information content (AvgIpc) is 2.88. The smallest absolute Gasteiger partial charge is 0.305 e. The fourth-order valence-electron chi connectivity index (χ4n) is 1.52. The number of nitrogens with zero attached hydrogens (tertiary/aromatic N) is 6. The Labute approximate surface area is 116 Å². The van der Waals surface area contributed by atoms with Crippen LogP contribution in [0.1, 0.15) is 0 Å². The van der Waals surface area contributed by atoms with Gasteiger partial charge >= 0.3 is 5.56 Å². The summed E-state index contributed by atoms with van der Waals surface area (Å²) in [5.41, 5.74) is 5.41. The standard InChI is InChI=1S/C10H7ClN8O/c11-5-3-1-2-4-6(5)14-15-7-8(12)13-10-16-17-18-19(10)9(7)20/h1-4H,12H2,(H,13,16,18). The zero-order chi connectivity index (χ0) is 14.1. The van der Waals surface area contributed by atoms with E-state index in [0.717, 1.165) is 4.52 Å². The van der Waals surface area contributed by atoms with Gasteiger partial charge in [0.25, 0.3) is 5.78 Å². The summed E-state index contributed by atoms with van der Waals surface area (Å²) in [6, 6.07) is 6.82. The molecule has 0 atom stereocenters. The molecule has 100 valence electrons. The molecule has 0 spiro atoms. The van der Waals surface area contributed by atoms with Crippen LogP contribution in [0.2, 0.25) is 5.02 Å². The summed E-state index contributed by atoms with van der Waals surface area (Å²) in [6.45, 7) is 0. The van der Waals surface area contributed by atoms with Crippen LogP contribution < -0.4 is 11.3 Å². The van der Waals surface area contributed by atoms with Crippen molar-refractivity contribution in [2.75, 3.05) is 5.73 Å². The van der Waals surface area contributed by atoms with Gasteiger partial charge in [0.15, 0.2) is 11.5 Å². The Balaban J connectivity index is 2.11. The summed E-state index contributed by atoms with van der Waals surface area (Å²) >= 11 is 5.94. The van der Waals surface area contributed by atoms with E-state index in [0.29, 0.717) is 10.7 Å². The van der Waals surface area contributed by atoms with Crippen LogP contribution in [0.15, 0.2) is 39.3 Å². The van der Waals surface area contributed by atoms with Gasteiger partial charge in [-0.25, -0.2) is 0 Å². The lowest BCUT2D eigenvalue weighted by atomic mass is 10.3. The van der Waals surface area contributed by atoms with Crippen LogP contribution in [0.25, 0.3) is 5.78 Å². The number of nitrogens with one attached hydrogen (secondary N) is 1. The van der Waals surface area contributed by atoms with Gasteiger partial charge in [0, 0.05) is 0 Å². The molecule has 0 aliphatic heterocycles. The molecular formula is C10H7ClN8O. The monoisotopic (exact) mass is 290 g/mol. The van der Waals surface area contributed by atoms with E-state index in [2.05, 4.69) is 30.7 Å². The van der Waals surface area contributed by atoms with Crippen molar-refractivity contribution in [2.24, 2.45) is 10.2 Å². The maximum atomic E-state index is 12.1. The molecular weight excluding hydrogens is 284 g/mol. The third-order valence-corrected chi connectivity index (χ3v) is 2.78. The summed E-state index contributed by atoms with van der Waals surface area (Å²) in [5, 5.41) is 17.5. The quantitative estimate of drug-likeness (QED) is 0.691. The van der Waals surface area contributed by atoms with Gasteiger partial charge in [0.2, 0.25) is 0 Å². The molecule has 0 unspecified atom stereocenters. The SMILES string of the molecule is Nc1nc2nn[nH]n2c(=O)c1N=Nc1ccccc1Cl. The van der Waals surface area contributed by atoms with Crippen LogP contribution in [0.5, 0.6) is 0 Å². The maximum Gasteiger partial charge on any atom is 0.305 e. The van der Waals surface area contributed by atoms with E-state index in [-0.39, 0.29) is 17.3 Å². The Hall–Kier alpha value is -2.81. The van der Waals surface area contributed by atoms with Crippen LogP contribution >= 0.6 is 11.6 Å². The molecule has 9 nitrogen and oxygen atoms in total. The number of fused-ring (bicyclic) bond motifs is 1. The molecule has 0 amide bonds. The van der Waals surface area contributed by atoms with Crippen molar-refractivity contribution in [3.05, 3.63) is 39.6 Å². The average molecular weight is 291 g/mol. The lowest BCUT2D eigenvalue weighted by molar-refractivity contribution is 0.800. The number of anilines is 1. The molecule has 0 radical (unpaired) electrons. The van der Waals surface area contributed by atoms with Crippen molar-refractivity contribution < 1.29 is 0 Å². The highest BCUT2D eigenvalue weighted by atomic mass is 35.5. The minimum atomic E-state index is -0.548. The molecule has 3 N–H and O–H groups in total. The van der Waals surface area contributed by atoms with Crippen molar-refractivity contribution in [3.8, 4) is 0 Å². The van der Waals surface area contributed by atoms with Gasteiger partial charge in [0.1, 0.15) is 5.69 Å². The van der Waals surface area contributed by atoms with E-state index < -0.39 is 5.56 Å². The summed E-state index contributed by atoms with van der Waals surface area (Å²) < 4.78 is 1.01. The van der Waals surface area contributed by atoms with Crippen molar-refractivity contribution in [1.29, 1.82) is 0 Å². The zero-order valence-corrected chi connectivity index (χ0v) is 10.6. The first-order valence-electron chi connectivity index (χ1n) is 5.42. The molecule has 20 heavy (non-hydrogen) atoms. The van der Waals surface area contributed by atoms with Gasteiger partial charge in [-0.05, 0) is 17.3 Å². The summed E-state index contributed by atoms with van der Waals surface area (Å²) in [4.78, 5) is 15.9. The fraction of sp³-hybridized carbons (Fsp3) is 0. The number of hydrogen-bond acceptors (Lipinski definition) is 7. The number of nitrogens with two attached hydrogens (primary N) is 1. The van der Waals surface area contributed by atoms with E-state index >= 15 is 0 Å². The summed E-state index contributed by atoms with van der Waals surface area (Å²) in [7, 11) is 0. The van der Waals surface area contributed by atoms with Crippen molar-refractivity contribution in [3.63, 3.8) is 0 Å². The van der Waals surface area contributed by atoms with Crippen LogP contribution in [0.4, 0.5) is 17.2 Å². The number of tetrazole rings is 1. The second kappa shape index (κ2) is 4.70. The third kappa shape index (κ3) is 1.99. The summed E-state index contributed by atoms with van der Waals surface area (Å²) in [5.74, 6) is -0.0242. The first-order chi connectivity index (χ1) is 9.66. The Kier molecular flexibility index (Phi) is 2.88. The van der Waals surface area contributed by atoms with Crippen molar-refractivity contribution in [1.82, 2.24) is 25.0 Å². The van der Waals surface area contributed by atoms with Gasteiger partial charge in [-0.15, -0.1) is 10.2 Å². The Morgan fingerprint density at radius 2 is 2.10 bits per heavy atom. The number of benzene rings is 1. The first-order valence-corrected chi connectivity index (χ1v) is 5.80. The fourth-order valence-corrected chi connectivity index (χ4v) is 1.69. The number of halogens is 1. The van der Waals surface area contributed by atoms with E-state index in [1.165, 1.54) is 0 Å². The topological polar surface area (TPSA) is 127 Å². The Bertz CT molecular complexity index is 867. The zero-order valence-electron chi connectivity index (χ0n) is 9.86. The van der Waals surface area contributed by atoms with Crippen LogP contribution in [-0.2, 0) is 0 Å². The van der Waals surface area contributed by atoms with Crippen LogP contribution in [-0.4, -0.2) is 25.0 Å². The highest BCUT2D eigenvalue weighted by molar-refractivity contribution is 6.32. The van der Waals surface area contributed by atoms with Gasteiger partial charge in [-0.2, -0.15) is 14.7 Å². The number of azo groups is 1. The molecule has 0 fully saturated rings. The number of hydrogen-bond donors (Lipinski definition) is 2. The highest BCUT2D eigenvalue weighted by Crippen LogP contribution is 2.26. The number of nitrogen functional groups attached to an aromatic ring is 1. The molecule has 3 rings (SSSR count). The first kappa shape index (κ1) is 12.2. The number of rotatable bonds is 2. The Morgan fingerprint density at radius 3 is 2.90 bits per heavy atom. The van der Waals surface area contributed by atoms with Crippen molar-refractivity contribution >= 4 is 34.6 Å². The molecule has 0 aliphatic carbocycles. The van der Waals surface area contributed by atoms with Crippen LogP contribution in [0, 0.1) is 0 Å². The lowest BCUT2D eigenvalue weighted by Gasteiger charge is -1.98. The van der Waals surface area contributed by atoms with Gasteiger partial charge in [-0.3, -0.25) is 4.79 Å².